The summed E-state index contributed by atoms with van der Waals surface area (Å²) in [7, 11) is 0. The summed E-state index contributed by atoms with van der Waals surface area (Å²) in [5, 5.41) is 0. The molecule has 2 saturated heterocycles. The molecule has 2 aliphatic heterocycles. The van der Waals surface area contributed by atoms with E-state index in [1.54, 1.807) is 6.08 Å². The number of benzene rings is 1. The number of H-pyrrole nitrogens is 1. The number of aryl methyl sites for hydroxylation is 2. The van der Waals surface area contributed by atoms with Crippen LogP contribution in [0, 0.1) is 13.8 Å². The standard InChI is InChI=1S/C29H34FN5/c1-6-8-21(4)29(30)9-13-34(14-10-29)22(5)23-16-24(20(3)15-19(23)2)28-32-25-17-27(35-11-7-12-35)31-18-26(25)33-28/h6,8,15-18H,4-5,7,9-14H2,1-3H3,(H,32,33)/b8-6-. The topological polar surface area (TPSA) is 48.1 Å². The molecule has 1 N–H and O–H groups in total. The van der Waals surface area contributed by atoms with E-state index in [0.717, 1.165) is 63.7 Å². The monoisotopic (exact) mass is 471 g/mol. The summed E-state index contributed by atoms with van der Waals surface area (Å²) in [6.07, 6.45) is 7.57. The molecule has 182 valence electrons. The lowest BCUT2D eigenvalue weighted by Crippen LogP contribution is -2.41. The van der Waals surface area contributed by atoms with Gasteiger partial charge in [0, 0.05) is 61.9 Å². The first-order valence-corrected chi connectivity index (χ1v) is 12.5. The lowest BCUT2D eigenvalue weighted by molar-refractivity contribution is 0.120. The Bertz CT molecular complexity index is 1320. The second kappa shape index (κ2) is 8.99. The first-order chi connectivity index (χ1) is 16.8. The van der Waals surface area contributed by atoms with E-state index in [2.05, 4.69) is 65.0 Å². The number of likely N-dealkylation sites (tertiary alicyclic amines) is 1. The highest BCUT2D eigenvalue weighted by Gasteiger charge is 2.36. The normalized spacial score (nSPS) is 17.7. The van der Waals surface area contributed by atoms with Crippen molar-refractivity contribution in [2.45, 2.75) is 45.7 Å². The second-order valence-corrected chi connectivity index (χ2v) is 9.89. The van der Waals surface area contributed by atoms with Crippen LogP contribution in [-0.2, 0) is 0 Å². The van der Waals surface area contributed by atoms with E-state index >= 15 is 4.39 Å². The van der Waals surface area contributed by atoms with Crippen molar-refractivity contribution >= 4 is 22.5 Å². The molecule has 0 amide bonds. The van der Waals surface area contributed by atoms with Crippen LogP contribution in [0.2, 0.25) is 0 Å². The van der Waals surface area contributed by atoms with Crippen molar-refractivity contribution in [1.29, 1.82) is 0 Å². The van der Waals surface area contributed by atoms with Gasteiger partial charge in [0.05, 0.1) is 17.2 Å². The Labute approximate surface area is 207 Å². The second-order valence-electron chi connectivity index (χ2n) is 9.89. The molecular weight excluding hydrogens is 437 g/mol. The maximum absolute atomic E-state index is 15.4. The van der Waals surface area contributed by atoms with Crippen LogP contribution in [0.15, 0.2) is 55.3 Å². The molecule has 2 aromatic heterocycles. The van der Waals surface area contributed by atoms with E-state index < -0.39 is 5.67 Å². The van der Waals surface area contributed by atoms with Crippen LogP contribution in [0.4, 0.5) is 10.2 Å². The fourth-order valence-electron chi connectivity index (χ4n) is 5.14. The van der Waals surface area contributed by atoms with E-state index in [-0.39, 0.29) is 0 Å². The number of allylic oxidation sites excluding steroid dienone is 3. The fourth-order valence-corrected chi connectivity index (χ4v) is 5.14. The predicted octanol–water partition coefficient (Wildman–Crippen LogP) is 6.36. The number of rotatable bonds is 6. The lowest BCUT2D eigenvalue weighted by Gasteiger charge is -2.39. The van der Waals surface area contributed by atoms with Gasteiger partial charge in [0.2, 0.25) is 0 Å². The number of nitrogens with one attached hydrogen (secondary N) is 1. The van der Waals surface area contributed by atoms with Gasteiger partial charge in [-0.05, 0) is 50.0 Å². The van der Waals surface area contributed by atoms with Crippen LogP contribution < -0.4 is 4.90 Å². The smallest absolute Gasteiger partial charge is 0.138 e. The number of imidazole rings is 1. The van der Waals surface area contributed by atoms with Gasteiger partial charge in [0.25, 0.3) is 0 Å². The van der Waals surface area contributed by atoms with Gasteiger partial charge in [-0.3, -0.25) is 0 Å². The van der Waals surface area contributed by atoms with Crippen LogP contribution in [0.1, 0.15) is 42.9 Å². The van der Waals surface area contributed by atoms with Gasteiger partial charge < -0.3 is 14.8 Å². The summed E-state index contributed by atoms with van der Waals surface area (Å²) in [6.45, 7) is 17.8. The van der Waals surface area contributed by atoms with Crippen LogP contribution in [0.25, 0.3) is 28.1 Å². The Kier molecular flexibility index (Phi) is 5.99. The maximum Gasteiger partial charge on any atom is 0.138 e. The average Bonchev–Trinajstić information content (AvgIpc) is 3.21. The third-order valence-electron chi connectivity index (χ3n) is 7.55. The number of hydrogen-bond acceptors (Lipinski definition) is 4. The number of halogens is 1. The number of pyridine rings is 1. The summed E-state index contributed by atoms with van der Waals surface area (Å²) < 4.78 is 15.4. The van der Waals surface area contributed by atoms with Gasteiger partial charge in [-0.15, -0.1) is 0 Å². The first-order valence-electron chi connectivity index (χ1n) is 12.5. The Balaban J connectivity index is 1.40. The van der Waals surface area contributed by atoms with Crippen LogP contribution >= 0.6 is 0 Å². The zero-order valence-electron chi connectivity index (χ0n) is 21.0. The minimum atomic E-state index is -1.34. The number of fused-ring (bicyclic) bond motifs is 1. The SMILES string of the molecule is C=C(c1cc(-c2nc3cc(N4CCC4)ncc3[nH]2)c(C)cc1C)N1CCC(F)(C(=C)/C=C\C)CC1. The van der Waals surface area contributed by atoms with Crippen molar-refractivity contribution in [3.8, 4) is 11.4 Å². The molecule has 35 heavy (non-hydrogen) atoms. The molecule has 0 spiro atoms. The third-order valence-corrected chi connectivity index (χ3v) is 7.55. The molecule has 4 heterocycles. The van der Waals surface area contributed by atoms with Gasteiger partial charge >= 0.3 is 0 Å². The summed E-state index contributed by atoms with van der Waals surface area (Å²) >= 11 is 0. The van der Waals surface area contributed by atoms with Gasteiger partial charge in [0.1, 0.15) is 17.3 Å². The average molecular weight is 472 g/mol. The van der Waals surface area contributed by atoms with Crippen molar-refractivity contribution in [2.75, 3.05) is 31.1 Å². The maximum atomic E-state index is 15.4. The summed E-state index contributed by atoms with van der Waals surface area (Å²) in [5.74, 6) is 1.82. The molecule has 5 nitrogen and oxygen atoms in total. The molecule has 0 saturated carbocycles. The van der Waals surface area contributed by atoms with Gasteiger partial charge in [-0.25, -0.2) is 14.4 Å². The largest absolute Gasteiger partial charge is 0.371 e. The molecular formula is C29H34FN5. The lowest BCUT2D eigenvalue weighted by atomic mass is 9.85. The molecule has 6 heteroatoms. The van der Waals surface area contributed by atoms with Crippen molar-refractivity contribution in [2.24, 2.45) is 0 Å². The van der Waals surface area contributed by atoms with Crippen LogP contribution in [0.5, 0.6) is 0 Å². The zero-order valence-corrected chi connectivity index (χ0v) is 21.0. The number of anilines is 1. The number of piperidine rings is 1. The number of aromatic nitrogens is 3. The molecule has 2 aliphatic rings. The molecule has 0 bridgehead atoms. The van der Waals surface area contributed by atoms with E-state index in [4.69, 9.17) is 4.98 Å². The Hall–Kier alpha value is -3.41. The number of nitrogens with zero attached hydrogens (tertiary/aromatic N) is 4. The summed E-state index contributed by atoms with van der Waals surface area (Å²) in [5.41, 5.74) is 6.44. The van der Waals surface area contributed by atoms with Crippen LogP contribution in [-0.4, -0.2) is 51.7 Å². The summed E-state index contributed by atoms with van der Waals surface area (Å²) in [6, 6.07) is 6.42. The molecule has 0 aliphatic carbocycles. The van der Waals surface area contributed by atoms with Gasteiger partial charge in [-0.1, -0.05) is 31.4 Å². The molecule has 1 aromatic carbocycles. The third kappa shape index (κ3) is 4.26. The van der Waals surface area contributed by atoms with E-state index in [0.29, 0.717) is 31.5 Å². The highest BCUT2D eigenvalue weighted by molar-refractivity contribution is 5.82. The van der Waals surface area contributed by atoms with Crippen molar-refractivity contribution < 1.29 is 4.39 Å². The zero-order chi connectivity index (χ0) is 24.7. The minimum absolute atomic E-state index is 0.420. The fraction of sp³-hybridized carbons (Fsp3) is 0.379. The van der Waals surface area contributed by atoms with E-state index in [9.17, 15) is 0 Å². The van der Waals surface area contributed by atoms with Crippen LogP contribution in [0.3, 0.4) is 0 Å². The van der Waals surface area contributed by atoms with Gasteiger partial charge in [0.15, 0.2) is 0 Å². The molecule has 2 fully saturated rings. The van der Waals surface area contributed by atoms with E-state index in [1.165, 1.54) is 6.42 Å². The number of hydrogen-bond donors (Lipinski definition) is 1. The van der Waals surface area contributed by atoms with Crippen molar-refractivity contribution in [3.05, 3.63) is 72.0 Å². The molecule has 5 rings (SSSR count). The number of aromatic amines is 1. The molecule has 0 atom stereocenters. The quantitative estimate of drug-likeness (QED) is 0.425. The highest BCUT2D eigenvalue weighted by atomic mass is 19.1. The highest BCUT2D eigenvalue weighted by Crippen LogP contribution is 2.37. The number of alkyl halides is 1. The molecule has 0 radical (unpaired) electrons. The Morgan fingerprint density at radius 2 is 1.83 bits per heavy atom. The Morgan fingerprint density at radius 1 is 1.09 bits per heavy atom. The van der Waals surface area contributed by atoms with Crippen molar-refractivity contribution in [3.63, 3.8) is 0 Å². The first kappa shape index (κ1) is 23.3. The minimum Gasteiger partial charge on any atom is -0.371 e. The van der Waals surface area contributed by atoms with E-state index in [1.807, 2.05) is 19.2 Å². The molecule has 0 unspecified atom stereocenters. The van der Waals surface area contributed by atoms with Crippen molar-refractivity contribution in [1.82, 2.24) is 19.9 Å². The van der Waals surface area contributed by atoms with Gasteiger partial charge in [-0.2, -0.15) is 0 Å². The molecule has 3 aromatic rings. The predicted molar refractivity (Wildman–Crippen MR) is 143 cm³/mol. The summed E-state index contributed by atoms with van der Waals surface area (Å²) in [4.78, 5) is 17.4. The Morgan fingerprint density at radius 3 is 2.49 bits per heavy atom.